The van der Waals surface area contributed by atoms with E-state index in [1.54, 1.807) is 24.3 Å². The number of hydrogen-bond donors (Lipinski definition) is 2. The van der Waals surface area contributed by atoms with Crippen molar-refractivity contribution in [2.75, 3.05) is 11.4 Å². The number of aromatic amines is 1. The molecular formula is C11H10N4O3S. The van der Waals surface area contributed by atoms with Crippen molar-refractivity contribution in [2.24, 2.45) is 5.16 Å². The molecule has 2 heterocycles. The second-order valence-electron chi connectivity index (χ2n) is 4.05. The number of benzene rings is 1. The minimum Gasteiger partial charge on any atom is -0.410 e. The van der Waals surface area contributed by atoms with E-state index < -0.39 is 10.0 Å². The number of nitrogens with zero attached hydrogens (tertiary/aromatic N) is 3. The lowest BCUT2D eigenvalue weighted by Gasteiger charge is -2.18. The van der Waals surface area contributed by atoms with E-state index in [0.29, 0.717) is 11.3 Å². The van der Waals surface area contributed by atoms with Crippen molar-refractivity contribution in [3.05, 3.63) is 41.6 Å². The van der Waals surface area contributed by atoms with Gasteiger partial charge in [-0.25, -0.2) is 0 Å². The molecule has 19 heavy (non-hydrogen) atoms. The summed E-state index contributed by atoms with van der Waals surface area (Å²) in [4.78, 5) is 0. The van der Waals surface area contributed by atoms with Crippen LogP contribution in [0.5, 0.6) is 0 Å². The van der Waals surface area contributed by atoms with Crippen LogP contribution in [-0.4, -0.2) is 36.6 Å². The van der Waals surface area contributed by atoms with E-state index >= 15 is 0 Å². The summed E-state index contributed by atoms with van der Waals surface area (Å²) in [6.07, 6.45) is 1.33. The molecule has 1 aliphatic heterocycles. The van der Waals surface area contributed by atoms with Gasteiger partial charge in [-0.15, -0.1) is 0 Å². The Morgan fingerprint density at radius 1 is 1.32 bits per heavy atom. The lowest BCUT2D eigenvalue weighted by molar-refractivity contribution is 0.319. The molecule has 0 spiro atoms. The van der Waals surface area contributed by atoms with Gasteiger partial charge >= 0.3 is 0 Å². The Morgan fingerprint density at radius 2 is 2.05 bits per heavy atom. The van der Waals surface area contributed by atoms with Gasteiger partial charge in [-0.1, -0.05) is 23.4 Å². The largest absolute Gasteiger partial charge is 0.410 e. The summed E-state index contributed by atoms with van der Waals surface area (Å²) in [6, 6.07) is 6.81. The molecule has 0 saturated carbocycles. The van der Waals surface area contributed by atoms with Crippen molar-refractivity contribution >= 4 is 21.4 Å². The van der Waals surface area contributed by atoms with Crippen LogP contribution in [0.25, 0.3) is 0 Å². The zero-order valence-electron chi connectivity index (χ0n) is 9.90. The summed E-state index contributed by atoms with van der Waals surface area (Å²) in [5.41, 5.74) is 1.39. The quantitative estimate of drug-likeness (QED) is 0.549. The fourth-order valence-electron chi connectivity index (χ4n) is 2.11. The van der Waals surface area contributed by atoms with Crippen molar-refractivity contribution in [1.29, 1.82) is 0 Å². The number of oxime groups is 1. The maximum Gasteiger partial charge on any atom is 0.281 e. The Labute approximate surface area is 109 Å². The molecule has 2 aromatic rings. The highest BCUT2D eigenvalue weighted by molar-refractivity contribution is 7.92. The van der Waals surface area contributed by atoms with Crippen LogP contribution in [0.15, 0.2) is 40.6 Å². The average molecular weight is 278 g/mol. The first kappa shape index (κ1) is 11.7. The highest BCUT2D eigenvalue weighted by Crippen LogP contribution is 2.32. The number of para-hydroxylation sites is 1. The van der Waals surface area contributed by atoms with Gasteiger partial charge in [0, 0.05) is 12.6 Å². The minimum atomic E-state index is -3.75. The van der Waals surface area contributed by atoms with Crippen LogP contribution in [0, 0.1) is 0 Å². The summed E-state index contributed by atoms with van der Waals surface area (Å²) in [5.74, 6) is 0. The Morgan fingerprint density at radius 3 is 2.79 bits per heavy atom. The molecule has 0 bridgehead atoms. The second-order valence-corrected chi connectivity index (χ2v) is 5.96. The maximum atomic E-state index is 12.4. The standard InChI is InChI=1S/C11H10N4O3S/c1-15-9-5-3-2-4-7(9)10(14-16)8-6-12-13-11(8)19(15,17)18/h2-6,16H,1H3,(H,12,13)/b14-10-. The predicted octanol–water partition coefficient (Wildman–Crippen LogP) is 0.775. The van der Waals surface area contributed by atoms with Gasteiger partial charge in [0.1, 0.15) is 5.71 Å². The molecule has 8 heteroatoms. The van der Waals surface area contributed by atoms with Crippen LogP contribution in [0.1, 0.15) is 11.1 Å². The maximum absolute atomic E-state index is 12.4. The van der Waals surface area contributed by atoms with Gasteiger partial charge in [0.15, 0.2) is 5.03 Å². The lowest BCUT2D eigenvalue weighted by Crippen LogP contribution is -2.26. The first-order valence-electron chi connectivity index (χ1n) is 5.41. The Kier molecular flexibility index (Phi) is 2.36. The number of nitrogens with one attached hydrogen (secondary N) is 1. The number of anilines is 1. The average Bonchev–Trinajstić information content (AvgIpc) is 2.87. The van der Waals surface area contributed by atoms with Crippen LogP contribution in [0.2, 0.25) is 0 Å². The number of hydrogen-bond acceptors (Lipinski definition) is 5. The summed E-state index contributed by atoms with van der Waals surface area (Å²) in [6.45, 7) is 0. The van der Waals surface area contributed by atoms with Crippen LogP contribution in [0.3, 0.4) is 0 Å². The number of sulfonamides is 1. The molecule has 0 radical (unpaired) electrons. The molecule has 0 atom stereocenters. The van der Waals surface area contributed by atoms with E-state index in [1.165, 1.54) is 13.2 Å². The number of fused-ring (bicyclic) bond motifs is 2. The molecule has 7 nitrogen and oxygen atoms in total. The van der Waals surface area contributed by atoms with Crippen molar-refractivity contribution in [2.45, 2.75) is 5.03 Å². The zero-order chi connectivity index (χ0) is 13.6. The van der Waals surface area contributed by atoms with Gasteiger partial charge in [-0.05, 0) is 6.07 Å². The highest BCUT2D eigenvalue weighted by Gasteiger charge is 2.34. The fourth-order valence-corrected chi connectivity index (χ4v) is 3.39. The third-order valence-electron chi connectivity index (χ3n) is 3.08. The lowest BCUT2D eigenvalue weighted by atomic mass is 10.0. The summed E-state index contributed by atoms with van der Waals surface area (Å²) in [7, 11) is -2.30. The van der Waals surface area contributed by atoms with Crippen LogP contribution >= 0.6 is 0 Å². The van der Waals surface area contributed by atoms with Crippen LogP contribution in [-0.2, 0) is 10.0 Å². The van der Waals surface area contributed by atoms with Crippen LogP contribution in [0.4, 0.5) is 5.69 Å². The SMILES string of the molecule is CN1c2ccccc2/C(=N/O)c2cn[nH]c2S1(=O)=O. The normalized spacial score (nSPS) is 18.8. The topological polar surface area (TPSA) is 98.6 Å². The highest BCUT2D eigenvalue weighted by atomic mass is 32.2. The molecule has 1 aromatic carbocycles. The summed E-state index contributed by atoms with van der Waals surface area (Å²) in [5, 5.41) is 18.5. The van der Waals surface area contributed by atoms with Gasteiger partial charge in [-0.3, -0.25) is 9.40 Å². The summed E-state index contributed by atoms with van der Waals surface area (Å²) < 4.78 is 26.0. The third-order valence-corrected chi connectivity index (χ3v) is 4.82. The first-order chi connectivity index (χ1) is 9.07. The number of rotatable bonds is 0. The third kappa shape index (κ3) is 1.46. The number of H-pyrrole nitrogens is 1. The summed E-state index contributed by atoms with van der Waals surface area (Å²) >= 11 is 0. The van der Waals surface area contributed by atoms with E-state index in [9.17, 15) is 13.6 Å². The van der Waals surface area contributed by atoms with Crippen molar-refractivity contribution in [1.82, 2.24) is 10.2 Å². The van der Waals surface area contributed by atoms with Crippen LogP contribution < -0.4 is 4.31 Å². The molecule has 0 amide bonds. The van der Waals surface area contributed by atoms with E-state index in [2.05, 4.69) is 15.4 Å². The fraction of sp³-hybridized carbons (Fsp3) is 0.0909. The minimum absolute atomic E-state index is 0.0843. The Bertz CT molecular complexity index is 779. The predicted molar refractivity (Wildman–Crippen MR) is 68.0 cm³/mol. The van der Waals surface area contributed by atoms with Gasteiger partial charge < -0.3 is 5.21 Å². The van der Waals surface area contributed by atoms with Gasteiger partial charge in [0.25, 0.3) is 10.0 Å². The van der Waals surface area contributed by atoms with E-state index in [-0.39, 0.29) is 16.3 Å². The van der Waals surface area contributed by atoms with Gasteiger partial charge in [0.05, 0.1) is 17.4 Å². The molecule has 1 aliphatic rings. The molecule has 2 N–H and O–H groups in total. The molecular weight excluding hydrogens is 268 g/mol. The smallest absolute Gasteiger partial charge is 0.281 e. The zero-order valence-corrected chi connectivity index (χ0v) is 10.7. The Balaban J connectivity index is 2.46. The van der Waals surface area contributed by atoms with Gasteiger partial charge in [0.2, 0.25) is 0 Å². The van der Waals surface area contributed by atoms with Crippen molar-refractivity contribution in [3.63, 3.8) is 0 Å². The van der Waals surface area contributed by atoms with Crippen molar-refractivity contribution < 1.29 is 13.6 Å². The number of aromatic nitrogens is 2. The van der Waals surface area contributed by atoms with E-state index in [4.69, 9.17) is 0 Å². The van der Waals surface area contributed by atoms with Gasteiger partial charge in [-0.2, -0.15) is 13.5 Å². The molecule has 98 valence electrons. The monoisotopic (exact) mass is 278 g/mol. The molecule has 1 aromatic heterocycles. The Hall–Kier alpha value is -2.35. The molecule has 3 rings (SSSR count). The molecule has 0 unspecified atom stereocenters. The molecule has 0 saturated heterocycles. The van der Waals surface area contributed by atoms with E-state index in [1.807, 2.05) is 0 Å². The molecule has 0 fully saturated rings. The van der Waals surface area contributed by atoms with E-state index in [0.717, 1.165) is 4.31 Å². The molecule has 0 aliphatic carbocycles. The van der Waals surface area contributed by atoms with Crippen molar-refractivity contribution in [3.8, 4) is 0 Å². The second kappa shape index (κ2) is 3.82. The first-order valence-corrected chi connectivity index (χ1v) is 6.85.